The number of aliphatic carboxylic acids is 1. The van der Waals surface area contributed by atoms with E-state index >= 15 is 4.39 Å². The molecule has 4 nitrogen and oxygen atoms in total. The van der Waals surface area contributed by atoms with E-state index in [4.69, 9.17) is 9.47 Å². The third-order valence-electron chi connectivity index (χ3n) is 7.29. The standard InChI is InChI=1S/C27H32F2O4/c1-27(29,26(30)31)25(19-10-11-19)20-4-3-5-22(14-20)33-16-17-6-8-18(9-7-17)23-15-21(32-2)12-13-24(23)28/h3-5,12-15,17-19,25H,6-11,16H2,1-2H3,(H,30,31)/t17?,18?,25-,27?/m0/s1. The Balaban J connectivity index is 1.36. The molecule has 2 saturated carbocycles. The van der Waals surface area contributed by atoms with Crippen LogP contribution in [-0.2, 0) is 4.79 Å². The van der Waals surface area contributed by atoms with Crippen LogP contribution in [0.4, 0.5) is 8.78 Å². The molecule has 2 aliphatic rings. The molecular weight excluding hydrogens is 426 g/mol. The second-order valence-corrected chi connectivity index (χ2v) is 9.68. The first-order valence-electron chi connectivity index (χ1n) is 11.8. The Kier molecular flexibility index (Phi) is 6.91. The normalized spacial score (nSPS) is 23.4. The van der Waals surface area contributed by atoms with E-state index < -0.39 is 17.6 Å². The molecule has 0 radical (unpaired) electrons. The highest BCUT2D eigenvalue weighted by atomic mass is 19.1. The summed E-state index contributed by atoms with van der Waals surface area (Å²) in [6, 6.07) is 12.1. The number of ether oxygens (including phenoxy) is 2. The number of hydrogen-bond donors (Lipinski definition) is 1. The Morgan fingerprint density at radius 2 is 1.82 bits per heavy atom. The van der Waals surface area contributed by atoms with E-state index in [0.717, 1.165) is 51.0 Å². The van der Waals surface area contributed by atoms with Crippen molar-refractivity contribution in [2.24, 2.45) is 11.8 Å². The molecule has 178 valence electrons. The topological polar surface area (TPSA) is 55.8 Å². The van der Waals surface area contributed by atoms with Gasteiger partial charge in [-0.05, 0) is 105 Å². The van der Waals surface area contributed by atoms with Crippen LogP contribution in [0.2, 0.25) is 0 Å². The maximum atomic E-state index is 15.0. The summed E-state index contributed by atoms with van der Waals surface area (Å²) in [4.78, 5) is 11.5. The van der Waals surface area contributed by atoms with E-state index in [1.807, 2.05) is 6.07 Å². The number of methoxy groups -OCH3 is 1. The molecule has 4 rings (SSSR count). The zero-order valence-corrected chi connectivity index (χ0v) is 19.2. The number of carboxylic acid groups (broad SMARTS) is 1. The first-order chi connectivity index (χ1) is 15.8. The summed E-state index contributed by atoms with van der Waals surface area (Å²) < 4.78 is 40.6. The molecule has 0 saturated heterocycles. The minimum absolute atomic E-state index is 0.0543. The average Bonchev–Trinajstić information content (AvgIpc) is 3.63. The Morgan fingerprint density at radius 1 is 1.09 bits per heavy atom. The molecule has 0 bridgehead atoms. The van der Waals surface area contributed by atoms with Gasteiger partial charge in [-0.1, -0.05) is 12.1 Å². The molecule has 1 unspecified atom stereocenters. The van der Waals surface area contributed by atoms with Crippen molar-refractivity contribution in [3.05, 3.63) is 59.4 Å². The summed E-state index contributed by atoms with van der Waals surface area (Å²) in [6.45, 7) is 1.70. The summed E-state index contributed by atoms with van der Waals surface area (Å²) >= 11 is 0. The highest BCUT2D eigenvalue weighted by molar-refractivity contribution is 5.78. The molecule has 6 heteroatoms. The number of alkyl halides is 1. The summed E-state index contributed by atoms with van der Waals surface area (Å²) in [6.07, 6.45) is 5.35. The molecule has 2 aliphatic carbocycles. The molecule has 2 fully saturated rings. The van der Waals surface area contributed by atoms with Crippen molar-refractivity contribution in [2.45, 2.75) is 63.0 Å². The van der Waals surface area contributed by atoms with E-state index in [-0.39, 0.29) is 17.7 Å². The highest BCUT2D eigenvalue weighted by Crippen LogP contribution is 2.50. The largest absolute Gasteiger partial charge is 0.497 e. The highest BCUT2D eigenvalue weighted by Gasteiger charge is 2.50. The summed E-state index contributed by atoms with van der Waals surface area (Å²) in [5.41, 5.74) is -0.909. The lowest BCUT2D eigenvalue weighted by Gasteiger charge is -2.29. The molecule has 0 aromatic heterocycles. The van der Waals surface area contributed by atoms with Crippen molar-refractivity contribution >= 4 is 5.97 Å². The van der Waals surface area contributed by atoms with E-state index in [0.29, 0.717) is 29.6 Å². The van der Waals surface area contributed by atoms with Gasteiger partial charge in [0.05, 0.1) is 13.7 Å². The predicted molar refractivity (Wildman–Crippen MR) is 122 cm³/mol. The lowest BCUT2D eigenvalue weighted by molar-refractivity contribution is -0.151. The molecule has 2 aromatic carbocycles. The van der Waals surface area contributed by atoms with Crippen LogP contribution >= 0.6 is 0 Å². The van der Waals surface area contributed by atoms with Gasteiger partial charge in [-0.15, -0.1) is 0 Å². The first kappa shape index (κ1) is 23.5. The smallest absolute Gasteiger partial charge is 0.341 e. The number of benzene rings is 2. The van der Waals surface area contributed by atoms with Crippen LogP contribution in [0.1, 0.15) is 68.4 Å². The van der Waals surface area contributed by atoms with Gasteiger partial charge in [0.15, 0.2) is 0 Å². The molecule has 1 N–H and O–H groups in total. The third-order valence-corrected chi connectivity index (χ3v) is 7.29. The van der Waals surface area contributed by atoms with Crippen LogP contribution in [0.15, 0.2) is 42.5 Å². The van der Waals surface area contributed by atoms with Gasteiger partial charge < -0.3 is 14.6 Å². The van der Waals surface area contributed by atoms with E-state index in [1.54, 1.807) is 37.4 Å². The van der Waals surface area contributed by atoms with Gasteiger partial charge >= 0.3 is 5.97 Å². The fraction of sp³-hybridized carbons (Fsp3) is 0.519. The van der Waals surface area contributed by atoms with Gasteiger partial charge in [-0.2, -0.15) is 0 Å². The van der Waals surface area contributed by atoms with Crippen molar-refractivity contribution in [2.75, 3.05) is 13.7 Å². The minimum atomic E-state index is -2.31. The summed E-state index contributed by atoms with van der Waals surface area (Å²) in [5.74, 6) is -0.367. The number of halogens is 2. The van der Waals surface area contributed by atoms with Crippen molar-refractivity contribution in [3.63, 3.8) is 0 Å². The Bertz CT molecular complexity index is 978. The third kappa shape index (κ3) is 5.31. The van der Waals surface area contributed by atoms with Gasteiger partial charge in [0, 0.05) is 5.92 Å². The van der Waals surface area contributed by atoms with Crippen molar-refractivity contribution < 1.29 is 28.2 Å². The van der Waals surface area contributed by atoms with Crippen molar-refractivity contribution in [1.29, 1.82) is 0 Å². The quantitative estimate of drug-likeness (QED) is 0.466. The summed E-state index contributed by atoms with van der Waals surface area (Å²) in [7, 11) is 1.59. The summed E-state index contributed by atoms with van der Waals surface area (Å²) in [5, 5.41) is 9.41. The van der Waals surface area contributed by atoms with Crippen LogP contribution in [0.3, 0.4) is 0 Å². The average molecular weight is 459 g/mol. The minimum Gasteiger partial charge on any atom is -0.497 e. The van der Waals surface area contributed by atoms with E-state index in [1.165, 1.54) is 6.07 Å². The van der Waals surface area contributed by atoms with Crippen LogP contribution < -0.4 is 9.47 Å². The van der Waals surface area contributed by atoms with Gasteiger partial charge in [-0.3, -0.25) is 0 Å². The lowest BCUT2D eigenvalue weighted by atomic mass is 9.79. The second-order valence-electron chi connectivity index (χ2n) is 9.68. The van der Waals surface area contributed by atoms with Crippen LogP contribution in [0.5, 0.6) is 11.5 Å². The number of carboxylic acids is 1. The maximum absolute atomic E-state index is 15.0. The predicted octanol–water partition coefficient (Wildman–Crippen LogP) is 6.49. The molecule has 0 spiro atoms. The van der Waals surface area contributed by atoms with Gasteiger partial charge in [0.1, 0.15) is 17.3 Å². The fourth-order valence-electron chi connectivity index (χ4n) is 5.20. The molecule has 33 heavy (non-hydrogen) atoms. The zero-order valence-electron chi connectivity index (χ0n) is 19.2. The second kappa shape index (κ2) is 9.70. The van der Waals surface area contributed by atoms with Crippen LogP contribution in [-0.4, -0.2) is 30.5 Å². The Hall–Kier alpha value is -2.63. The number of rotatable bonds is 9. The van der Waals surface area contributed by atoms with Gasteiger partial charge in [0.2, 0.25) is 5.67 Å². The Morgan fingerprint density at radius 3 is 2.45 bits per heavy atom. The maximum Gasteiger partial charge on any atom is 0.341 e. The van der Waals surface area contributed by atoms with Crippen molar-refractivity contribution in [3.8, 4) is 11.5 Å². The van der Waals surface area contributed by atoms with Crippen LogP contribution in [0, 0.1) is 17.7 Å². The molecule has 0 amide bonds. The number of carbonyl (C=O) groups is 1. The Labute approximate surface area is 193 Å². The molecular formula is C27H32F2O4. The van der Waals surface area contributed by atoms with E-state index in [9.17, 15) is 14.3 Å². The van der Waals surface area contributed by atoms with E-state index in [2.05, 4.69) is 0 Å². The molecule has 0 aliphatic heterocycles. The molecule has 0 heterocycles. The van der Waals surface area contributed by atoms with Crippen LogP contribution in [0.25, 0.3) is 0 Å². The molecule has 2 atom stereocenters. The SMILES string of the molecule is COc1ccc(F)c(C2CCC(COc3cccc([C@H](C4CC4)C(C)(F)C(=O)O)c3)CC2)c1. The van der Waals surface area contributed by atoms with Gasteiger partial charge in [-0.25, -0.2) is 13.6 Å². The van der Waals surface area contributed by atoms with Crippen molar-refractivity contribution in [1.82, 2.24) is 0 Å². The fourth-order valence-corrected chi connectivity index (χ4v) is 5.20. The lowest BCUT2D eigenvalue weighted by Crippen LogP contribution is -2.38. The molecule has 2 aromatic rings. The first-order valence-corrected chi connectivity index (χ1v) is 11.8. The monoisotopic (exact) mass is 458 g/mol. The number of hydrogen-bond acceptors (Lipinski definition) is 3. The van der Waals surface area contributed by atoms with Gasteiger partial charge in [0.25, 0.3) is 0 Å². The zero-order chi connectivity index (χ0) is 23.6.